The van der Waals surface area contributed by atoms with Crippen LogP contribution < -0.4 is 10.7 Å². The summed E-state index contributed by atoms with van der Waals surface area (Å²) in [6.45, 7) is 3.95. The molecule has 2 atom stereocenters. The Morgan fingerprint density at radius 3 is 2.31 bits per heavy atom. The Morgan fingerprint density at radius 1 is 0.944 bits per heavy atom. The summed E-state index contributed by atoms with van der Waals surface area (Å²) in [6.07, 6.45) is 0. The summed E-state index contributed by atoms with van der Waals surface area (Å²) in [5.74, 6) is 0.0923. The molecule has 5 rings (SSSR count). The number of nitrogens with zero attached hydrogens (tertiary/aromatic N) is 3. The van der Waals surface area contributed by atoms with Gasteiger partial charge >= 0.3 is 5.97 Å². The summed E-state index contributed by atoms with van der Waals surface area (Å²) in [4.78, 5) is 25.6. The number of carbonyl (C=O) groups is 2. The lowest BCUT2D eigenvalue weighted by Crippen LogP contribution is -2.41. The molecule has 36 heavy (non-hydrogen) atoms. The van der Waals surface area contributed by atoms with Crippen LogP contribution in [0, 0.1) is 13.8 Å². The summed E-state index contributed by atoms with van der Waals surface area (Å²) >= 11 is 1.35. The van der Waals surface area contributed by atoms with Crippen molar-refractivity contribution in [1.29, 1.82) is 0 Å². The number of para-hydroxylation sites is 1. The number of aromatic nitrogens is 3. The van der Waals surface area contributed by atoms with E-state index in [1.807, 2.05) is 79.2 Å². The number of benzene rings is 3. The molecule has 182 valence electrons. The van der Waals surface area contributed by atoms with Crippen LogP contribution in [0.1, 0.15) is 33.1 Å². The third-order valence-corrected chi connectivity index (χ3v) is 7.36. The number of thioether (sulfide) groups is 1. The molecule has 0 spiro atoms. The first-order chi connectivity index (χ1) is 17.5. The number of hydrogen-bond donors (Lipinski definition) is 2. The maximum absolute atomic E-state index is 13.7. The van der Waals surface area contributed by atoms with Crippen LogP contribution in [0.2, 0.25) is 0 Å². The second kappa shape index (κ2) is 9.87. The number of hydrogen-bond acceptors (Lipinski definition) is 7. The molecule has 0 unspecified atom stereocenters. The molecule has 8 nitrogen and oxygen atoms in total. The molecule has 9 heteroatoms. The molecule has 0 saturated heterocycles. The van der Waals surface area contributed by atoms with Gasteiger partial charge in [-0.05, 0) is 42.7 Å². The van der Waals surface area contributed by atoms with Gasteiger partial charge in [-0.3, -0.25) is 4.79 Å². The fraction of sp³-hybridized carbons (Fsp3) is 0.185. The van der Waals surface area contributed by atoms with E-state index in [9.17, 15) is 9.59 Å². The number of nitrogens with one attached hydrogen (secondary N) is 2. The standard InChI is InChI=1S/C27H25N5O3S/c1-16-8-7-9-17(2)21(16)28-25(33)23-22(18-12-14-20(15-13-18)26(34)35-3)31-32-24(29-30-27(32)36-23)19-10-5-4-6-11-19/h4-15,22-23,31H,1-3H3,(H,28,33)/t22-,23-/m1/s1. The number of esters is 1. The highest BCUT2D eigenvalue weighted by molar-refractivity contribution is 8.00. The molecule has 4 aromatic rings. The van der Waals surface area contributed by atoms with Crippen molar-refractivity contribution >= 4 is 29.3 Å². The average molecular weight is 500 g/mol. The van der Waals surface area contributed by atoms with Gasteiger partial charge in [-0.15, -0.1) is 10.2 Å². The number of methoxy groups -OCH3 is 1. The zero-order valence-electron chi connectivity index (χ0n) is 20.1. The Hall–Kier alpha value is -4.11. The minimum Gasteiger partial charge on any atom is -0.465 e. The second-order valence-corrected chi connectivity index (χ2v) is 9.63. The monoisotopic (exact) mass is 499 g/mol. The van der Waals surface area contributed by atoms with E-state index >= 15 is 0 Å². The van der Waals surface area contributed by atoms with Gasteiger partial charge in [0.1, 0.15) is 5.25 Å². The molecule has 1 amide bonds. The van der Waals surface area contributed by atoms with Crippen LogP contribution in [0.25, 0.3) is 11.4 Å². The largest absolute Gasteiger partial charge is 0.465 e. The lowest BCUT2D eigenvalue weighted by molar-refractivity contribution is -0.116. The predicted molar refractivity (Wildman–Crippen MR) is 140 cm³/mol. The maximum atomic E-state index is 13.7. The summed E-state index contributed by atoms with van der Waals surface area (Å²) < 4.78 is 6.65. The van der Waals surface area contributed by atoms with Gasteiger partial charge in [0.25, 0.3) is 0 Å². The molecular weight excluding hydrogens is 474 g/mol. The smallest absolute Gasteiger partial charge is 0.337 e. The molecule has 2 N–H and O–H groups in total. The lowest BCUT2D eigenvalue weighted by atomic mass is 10.0. The highest BCUT2D eigenvalue weighted by Crippen LogP contribution is 2.39. The first-order valence-electron chi connectivity index (χ1n) is 11.5. The first-order valence-corrected chi connectivity index (χ1v) is 12.3. The Kier molecular flexibility index (Phi) is 6.47. The topological polar surface area (TPSA) is 98.1 Å². The van der Waals surface area contributed by atoms with E-state index in [-0.39, 0.29) is 5.91 Å². The van der Waals surface area contributed by atoms with Crippen LogP contribution in [-0.4, -0.2) is 39.1 Å². The fourth-order valence-electron chi connectivity index (χ4n) is 4.23. The van der Waals surface area contributed by atoms with Crippen LogP contribution in [0.4, 0.5) is 5.69 Å². The van der Waals surface area contributed by atoms with Crippen molar-refractivity contribution in [2.24, 2.45) is 0 Å². The van der Waals surface area contributed by atoms with E-state index in [0.29, 0.717) is 16.5 Å². The fourth-order valence-corrected chi connectivity index (χ4v) is 5.31. The van der Waals surface area contributed by atoms with Gasteiger partial charge in [-0.25, -0.2) is 9.47 Å². The zero-order chi connectivity index (χ0) is 25.2. The van der Waals surface area contributed by atoms with E-state index in [1.165, 1.54) is 18.9 Å². The summed E-state index contributed by atoms with van der Waals surface area (Å²) in [6, 6.07) is 22.3. The average Bonchev–Trinajstić information content (AvgIpc) is 3.33. The Labute approximate surface area is 213 Å². The lowest BCUT2D eigenvalue weighted by Gasteiger charge is -2.33. The third kappa shape index (κ3) is 4.45. The van der Waals surface area contributed by atoms with Gasteiger partial charge in [-0.1, -0.05) is 72.4 Å². The van der Waals surface area contributed by atoms with Crippen molar-refractivity contribution in [1.82, 2.24) is 14.9 Å². The van der Waals surface area contributed by atoms with Gasteiger partial charge in [0.15, 0.2) is 5.82 Å². The maximum Gasteiger partial charge on any atom is 0.337 e. The molecule has 0 fully saturated rings. The Balaban J connectivity index is 1.53. The van der Waals surface area contributed by atoms with E-state index < -0.39 is 17.3 Å². The van der Waals surface area contributed by atoms with Gasteiger partial charge in [0.2, 0.25) is 11.1 Å². The van der Waals surface area contributed by atoms with Gasteiger partial charge in [-0.2, -0.15) is 0 Å². The molecule has 1 aliphatic rings. The van der Waals surface area contributed by atoms with Crippen LogP contribution in [-0.2, 0) is 9.53 Å². The molecule has 1 aliphatic heterocycles. The van der Waals surface area contributed by atoms with Crippen molar-refractivity contribution in [2.45, 2.75) is 30.3 Å². The quantitative estimate of drug-likeness (QED) is 0.383. The Morgan fingerprint density at radius 2 is 1.64 bits per heavy atom. The van der Waals surface area contributed by atoms with Crippen LogP contribution >= 0.6 is 11.8 Å². The van der Waals surface area contributed by atoms with E-state index in [4.69, 9.17) is 4.74 Å². The van der Waals surface area contributed by atoms with Crippen LogP contribution in [0.3, 0.4) is 0 Å². The normalized spacial score (nSPS) is 16.5. The van der Waals surface area contributed by atoms with Crippen molar-refractivity contribution in [3.05, 3.63) is 95.1 Å². The summed E-state index contributed by atoms with van der Waals surface area (Å²) in [5.41, 5.74) is 8.44. The van der Waals surface area contributed by atoms with Crippen molar-refractivity contribution in [3.8, 4) is 11.4 Å². The number of ether oxygens (including phenoxy) is 1. The number of fused-ring (bicyclic) bond motifs is 1. The minimum absolute atomic E-state index is 0.151. The first kappa shape index (κ1) is 23.6. The van der Waals surface area contributed by atoms with Crippen molar-refractivity contribution in [2.75, 3.05) is 17.9 Å². The molecule has 3 aromatic carbocycles. The highest BCUT2D eigenvalue weighted by Gasteiger charge is 2.38. The third-order valence-electron chi connectivity index (χ3n) is 6.15. The van der Waals surface area contributed by atoms with E-state index in [1.54, 1.807) is 12.1 Å². The predicted octanol–water partition coefficient (Wildman–Crippen LogP) is 4.75. The molecule has 2 heterocycles. The number of amides is 1. The zero-order valence-corrected chi connectivity index (χ0v) is 20.9. The molecular formula is C27H25N5O3S. The van der Waals surface area contributed by atoms with Crippen molar-refractivity contribution < 1.29 is 14.3 Å². The highest BCUT2D eigenvalue weighted by atomic mass is 32.2. The second-order valence-electron chi connectivity index (χ2n) is 8.52. The number of anilines is 1. The molecule has 0 saturated carbocycles. The Bertz CT molecular complexity index is 1400. The number of carbonyl (C=O) groups excluding carboxylic acids is 2. The minimum atomic E-state index is -0.548. The van der Waals surface area contributed by atoms with Gasteiger partial charge < -0.3 is 15.5 Å². The SMILES string of the molecule is COC(=O)c1ccc([C@H]2Nn3c(nnc3-c3ccccc3)S[C@H]2C(=O)Nc2c(C)cccc2C)cc1. The summed E-state index contributed by atoms with van der Waals surface area (Å²) in [5, 5.41) is 11.9. The molecule has 0 aliphatic carbocycles. The van der Waals surface area contributed by atoms with Gasteiger partial charge in [0, 0.05) is 11.3 Å². The molecule has 0 bridgehead atoms. The molecule has 0 radical (unpaired) electrons. The van der Waals surface area contributed by atoms with E-state index in [0.717, 1.165) is 27.9 Å². The van der Waals surface area contributed by atoms with Gasteiger partial charge in [0.05, 0.1) is 18.7 Å². The summed E-state index contributed by atoms with van der Waals surface area (Å²) in [7, 11) is 1.35. The van der Waals surface area contributed by atoms with Crippen LogP contribution in [0.15, 0.2) is 78.0 Å². The molecule has 1 aromatic heterocycles. The van der Waals surface area contributed by atoms with E-state index in [2.05, 4.69) is 20.9 Å². The number of rotatable bonds is 5. The number of aryl methyl sites for hydroxylation is 2. The van der Waals surface area contributed by atoms with Crippen molar-refractivity contribution in [3.63, 3.8) is 0 Å². The van der Waals surface area contributed by atoms with Crippen LogP contribution in [0.5, 0.6) is 0 Å².